The number of nitro groups is 1. The van der Waals surface area contributed by atoms with Gasteiger partial charge < -0.3 is 4.74 Å². The summed E-state index contributed by atoms with van der Waals surface area (Å²) in [6.07, 6.45) is -4.60. The third-order valence-corrected chi connectivity index (χ3v) is 3.15. The van der Waals surface area contributed by atoms with Crippen LogP contribution in [0.2, 0.25) is 5.02 Å². The summed E-state index contributed by atoms with van der Waals surface area (Å²) >= 11 is 5.60. The quantitative estimate of drug-likeness (QED) is 0.331. The van der Waals surface area contributed by atoms with Gasteiger partial charge in [-0.1, -0.05) is 11.6 Å². The van der Waals surface area contributed by atoms with Crippen molar-refractivity contribution in [1.82, 2.24) is 0 Å². The number of hydrogen-bond acceptors (Lipinski definition) is 4. The van der Waals surface area contributed by atoms with E-state index in [2.05, 4.69) is 0 Å². The van der Waals surface area contributed by atoms with E-state index in [9.17, 15) is 32.5 Å². The SMILES string of the molecule is O=Cc1cc(Oc2c(F)cc(C(F)(F)F)cc2Cl)ccc1[N+](=O)[O-]. The van der Waals surface area contributed by atoms with Crippen LogP contribution in [-0.4, -0.2) is 11.2 Å². The summed E-state index contributed by atoms with van der Waals surface area (Å²) in [5, 5.41) is 10.1. The van der Waals surface area contributed by atoms with Crippen molar-refractivity contribution in [2.75, 3.05) is 0 Å². The van der Waals surface area contributed by atoms with Gasteiger partial charge >= 0.3 is 6.18 Å². The second-order valence-electron chi connectivity index (χ2n) is 4.46. The van der Waals surface area contributed by atoms with Crippen LogP contribution in [0.5, 0.6) is 11.5 Å². The van der Waals surface area contributed by atoms with Crippen LogP contribution in [0.25, 0.3) is 0 Å². The predicted molar refractivity (Wildman–Crippen MR) is 75.0 cm³/mol. The van der Waals surface area contributed by atoms with E-state index in [1.54, 1.807) is 0 Å². The molecule has 0 heterocycles. The van der Waals surface area contributed by atoms with Crippen molar-refractivity contribution >= 4 is 23.6 Å². The van der Waals surface area contributed by atoms with E-state index < -0.39 is 38.9 Å². The van der Waals surface area contributed by atoms with Crippen LogP contribution in [0.4, 0.5) is 23.2 Å². The zero-order valence-electron chi connectivity index (χ0n) is 11.4. The minimum absolute atomic E-state index is 0.190. The lowest BCUT2D eigenvalue weighted by atomic mass is 10.2. The highest BCUT2D eigenvalue weighted by atomic mass is 35.5. The zero-order valence-corrected chi connectivity index (χ0v) is 12.2. The number of alkyl halides is 3. The first-order valence-electron chi connectivity index (χ1n) is 6.11. The van der Waals surface area contributed by atoms with Gasteiger partial charge in [0.15, 0.2) is 17.9 Å². The molecule has 0 aliphatic heterocycles. The Morgan fingerprint density at radius 3 is 2.38 bits per heavy atom. The van der Waals surface area contributed by atoms with Crippen molar-refractivity contribution in [2.24, 2.45) is 0 Å². The van der Waals surface area contributed by atoms with Crippen molar-refractivity contribution in [2.45, 2.75) is 6.18 Å². The first kappa shape index (κ1) is 17.7. The molecule has 0 atom stereocenters. The van der Waals surface area contributed by atoms with E-state index in [-0.39, 0.29) is 23.7 Å². The number of rotatable bonds is 4. The molecule has 10 heteroatoms. The van der Waals surface area contributed by atoms with Gasteiger partial charge in [0.1, 0.15) is 5.75 Å². The summed E-state index contributed by atoms with van der Waals surface area (Å²) in [5.41, 5.74) is -2.15. The van der Waals surface area contributed by atoms with Crippen molar-refractivity contribution in [1.29, 1.82) is 0 Å². The summed E-state index contributed by atoms with van der Waals surface area (Å²) in [6.45, 7) is 0. The number of halogens is 5. The van der Waals surface area contributed by atoms with Crippen LogP contribution in [0.3, 0.4) is 0 Å². The highest BCUT2D eigenvalue weighted by molar-refractivity contribution is 6.32. The van der Waals surface area contributed by atoms with E-state index in [0.717, 1.165) is 18.2 Å². The number of ether oxygens (including phenoxy) is 1. The lowest BCUT2D eigenvalue weighted by Gasteiger charge is -2.12. The van der Waals surface area contributed by atoms with Gasteiger partial charge in [0, 0.05) is 6.07 Å². The van der Waals surface area contributed by atoms with Crippen LogP contribution in [-0.2, 0) is 6.18 Å². The number of aldehydes is 1. The maximum atomic E-state index is 13.8. The lowest BCUT2D eigenvalue weighted by Crippen LogP contribution is -2.06. The summed E-state index contributed by atoms with van der Waals surface area (Å²) in [6, 6.07) is 3.62. The smallest absolute Gasteiger partial charge is 0.416 e. The lowest BCUT2D eigenvalue weighted by molar-refractivity contribution is -0.385. The van der Waals surface area contributed by atoms with Crippen molar-refractivity contribution in [3.05, 3.63) is 62.4 Å². The largest absolute Gasteiger partial charge is 0.453 e. The first-order valence-corrected chi connectivity index (χ1v) is 6.49. The molecule has 0 aliphatic rings. The molecule has 0 saturated carbocycles. The molecule has 0 saturated heterocycles. The number of hydrogen-bond donors (Lipinski definition) is 0. The van der Waals surface area contributed by atoms with Gasteiger partial charge in [0.25, 0.3) is 5.69 Å². The number of carbonyl (C=O) groups excluding carboxylic acids is 1. The molecule has 5 nitrogen and oxygen atoms in total. The van der Waals surface area contributed by atoms with Crippen LogP contribution in [0.15, 0.2) is 30.3 Å². The Kier molecular flexibility index (Phi) is 4.74. The number of benzene rings is 2. The summed E-state index contributed by atoms with van der Waals surface area (Å²) in [5.74, 6) is -2.28. The number of nitro benzene ring substituents is 1. The Morgan fingerprint density at radius 1 is 1.21 bits per heavy atom. The Balaban J connectivity index is 2.42. The molecule has 24 heavy (non-hydrogen) atoms. The Bertz CT molecular complexity index is 800. The van der Waals surface area contributed by atoms with Crippen LogP contribution in [0, 0.1) is 15.9 Å². The fraction of sp³-hybridized carbons (Fsp3) is 0.0714. The summed E-state index contributed by atoms with van der Waals surface area (Å²) in [4.78, 5) is 20.7. The molecule has 0 aliphatic carbocycles. The van der Waals surface area contributed by atoms with Crippen LogP contribution < -0.4 is 4.74 Å². The first-order chi connectivity index (χ1) is 11.1. The molecule has 126 valence electrons. The van der Waals surface area contributed by atoms with Gasteiger partial charge in [-0.05, 0) is 24.3 Å². The normalized spacial score (nSPS) is 11.2. The Hall–Kier alpha value is -2.68. The molecular formula is C14H6ClF4NO4. The molecule has 2 rings (SSSR count). The van der Waals surface area contributed by atoms with Gasteiger partial charge in [0.05, 0.1) is 21.1 Å². The van der Waals surface area contributed by atoms with Crippen LogP contribution >= 0.6 is 11.6 Å². The molecule has 0 aromatic heterocycles. The molecule has 0 radical (unpaired) electrons. The van der Waals surface area contributed by atoms with E-state index in [0.29, 0.717) is 6.07 Å². The molecular weight excluding hydrogens is 358 g/mol. The third kappa shape index (κ3) is 3.62. The predicted octanol–water partition coefficient (Wildman–Crippen LogP) is 5.01. The fourth-order valence-corrected chi connectivity index (χ4v) is 2.04. The van der Waals surface area contributed by atoms with Crippen molar-refractivity contribution < 1.29 is 32.0 Å². The molecule has 0 amide bonds. The minimum Gasteiger partial charge on any atom is -0.453 e. The zero-order chi connectivity index (χ0) is 18.1. The van der Waals surface area contributed by atoms with E-state index >= 15 is 0 Å². The molecule has 0 N–H and O–H groups in total. The van der Waals surface area contributed by atoms with Crippen molar-refractivity contribution in [3.8, 4) is 11.5 Å². The number of nitrogens with zero attached hydrogens (tertiary/aromatic N) is 1. The molecule has 0 spiro atoms. The summed E-state index contributed by atoms with van der Waals surface area (Å²) in [7, 11) is 0. The molecule has 0 unspecified atom stereocenters. The van der Waals surface area contributed by atoms with E-state index in [1.165, 1.54) is 0 Å². The Morgan fingerprint density at radius 2 is 1.88 bits per heavy atom. The average molecular weight is 364 g/mol. The molecule has 0 bridgehead atoms. The standard InChI is InChI=1S/C14H6ClF4NO4/c15-10-4-8(14(17,18)19)5-11(16)13(10)24-9-1-2-12(20(22)23)7(3-9)6-21/h1-6H. The highest BCUT2D eigenvalue weighted by Crippen LogP contribution is 2.39. The maximum Gasteiger partial charge on any atom is 0.416 e. The molecule has 0 fully saturated rings. The van der Waals surface area contributed by atoms with Crippen LogP contribution in [0.1, 0.15) is 15.9 Å². The van der Waals surface area contributed by atoms with Crippen molar-refractivity contribution in [3.63, 3.8) is 0 Å². The third-order valence-electron chi connectivity index (χ3n) is 2.87. The number of carbonyl (C=O) groups is 1. The van der Waals surface area contributed by atoms with E-state index in [1.807, 2.05) is 0 Å². The maximum absolute atomic E-state index is 13.8. The molecule has 2 aromatic carbocycles. The van der Waals surface area contributed by atoms with Gasteiger partial charge in [-0.25, -0.2) is 4.39 Å². The van der Waals surface area contributed by atoms with Gasteiger partial charge in [0.2, 0.25) is 0 Å². The Labute approximate surface area is 136 Å². The van der Waals surface area contributed by atoms with Gasteiger partial charge in [-0.2, -0.15) is 13.2 Å². The molecule has 2 aromatic rings. The monoisotopic (exact) mass is 363 g/mol. The summed E-state index contributed by atoms with van der Waals surface area (Å²) < 4.78 is 56.5. The van der Waals surface area contributed by atoms with Gasteiger partial charge in [-0.15, -0.1) is 0 Å². The second kappa shape index (κ2) is 6.44. The van der Waals surface area contributed by atoms with E-state index in [4.69, 9.17) is 16.3 Å². The second-order valence-corrected chi connectivity index (χ2v) is 4.87. The average Bonchev–Trinajstić information content (AvgIpc) is 2.49. The highest BCUT2D eigenvalue weighted by Gasteiger charge is 2.32. The minimum atomic E-state index is -4.79. The van der Waals surface area contributed by atoms with Gasteiger partial charge in [-0.3, -0.25) is 14.9 Å². The topological polar surface area (TPSA) is 69.4 Å². The fourth-order valence-electron chi connectivity index (χ4n) is 1.80.